The van der Waals surface area contributed by atoms with Crippen LogP contribution in [-0.2, 0) is 9.47 Å². The summed E-state index contributed by atoms with van der Waals surface area (Å²) in [6, 6.07) is 4.45. The Balaban J connectivity index is 1.24. The lowest BCUT2D eigenvalue weighted by molar-refractivity contribution is -0.114. The molecule has 4 nitrogen and oxygen atoms in total. The van der Waals surface area contributed by atoms with Crippen molar-refractivity contribution in [2.75, 3.05) is 39.3 Å². The van der Waals surface area contributed by atoms with E-state index in [2.05, 4.69) is 57.3 Å². The van der Waals surface area contributed by atoms with Crippen LogP contribution in [-0.4, -0.2) is 61.3 Å². The molecule has 0 spiro atoms. The summed E-state index contributed by atoms with van der Waals surface area (Å²) in [5.41, 5.74) is 3.13. The Bertz CT molecular complexity index is 728. The molecule has 5 rings (SSSR count). The molecule has 30 heavy (non-hydrogen) atoms. The smallest absolute Gasteiger partial charge is 0.0964 e. The molecular weight excluding hydrogens is 412 g/mol. The van der Waals surface area contributed by atoms with Crippen molar-refractivity contribution in [3.05, 3.63) is 44.8 Å². The minimum Gasteiger partial charge on any atom is -0.368 e. The fraction of sp³-hybridized carbons (Fsp3) is 0.667. The molecule has 2 aromatic heterocycles. The standard InChI is InChI=1S/C24H34N2O2S2/c1-18-10-25(12-22(27-18)20-4-8-29-14-20)16-24(6-3-7-24)17-26-11-19(2)28-23(13-26)21-5-9-30-15-21/h4-5,8-9,14-15,18-19,22-23H,3,6-7,10-13,16-17H2,1-2H3/t18-,19+,22-,23+. The number of ether oxygens (including phenoxy) is 2. The van der Waals surface area contributed by atoms with Crippen LogP contribution < -0.4 is 0 Å². The first kappa shape index (κ1) is 21.1. The van der Waals surface area contributed by atoms with Gasteiger partial charge in [0.05, 0.1) is 24.4 Å². The van der Waals surface area contributed by atoms with Gasteiger partial charge >= 0.3 is 0 Å². The Morgan fingerprint density at radius 2 is 1.33 bits per heavy atom. The highest BCUT2D eigenvalue weighted by molar-refractivity contribution is 7.08. The summed E-state index contributed by atoms with van der Waals surface area (Å²) >= 11 is 3.54. The highest BCUT2D eigenvalue weighted by Crippen LogP contribution is 2.44. The molecule has 1 saturated carbocycles. The number of rotatable bonds is 6. The highest BCUT2D eigenvalue weighted by atomic mass is 32.1. The monoisotopic (exact) mass is 446 g/mol. The number of morpholine rings is 2. The van der Waals surface area contributed by atoms with Crippen molar-refractivity contribution in [2.24, 2.45) is 5.41 Å². The van der Waals surface area contributed by atoms with Gasteiger partial charge in [0.1, 0.15) is 0 Å². The molecule has 1 aliphatic carbocycles. The summed E-state index contributed by atoms with van der Waals surface area (Å²) in [5.74, 6) is 0. The molecule has 4 atom stereocenters. The van der Waals surface area contributed by atoms with Crippen LogP contribution in [0.25, 0.3) is 0 Å². The van der Waals surface area contributed by atoms with Crippen molar-refractivity contribution < 1.29 is 9.47 Å². The van der Waals surface area contributed by atoms with Crippen molar-refractivity contribution in [2.45, 2.75) is 57.5 Å². The summed E-state index contributed by atoms with van der Waals surface area (Å²) in [5, 5.41) is 8.83. The first-order chi connectivity index (χ1) is 14.6. The first-order valence-electron chi connectivity index (χ1n) is 11.4. The number of thiophene rings is 2. The second-order valence-corrected chi connectivity index (χ2v) is 11.3. The molecule has 6 heteroatoms. The zero-order valence-corrected chi connectivity index (χ0v) is 19.8. The van der Waals surface area contributed by atoms with Crippen molar-refractivity contribution in [3.8, 4) is 0 Å². The molecule has 2 aromatic rings. The molecule has 2 aliphatic heterocycles. The van der Waals surface area contributed by atoms with Gasteiger partial charge in [-0.25, -0.2) is 0 Å². The van der Waals surface area contributed by atoms with E-state index < -0.39 is 0 Å². The molecule has 3 aliphatic rings. The largest absolute Gasteiger partial charge is 0.368 e. The Labute approximate surface area is 188 Å². The van der Waals surface area contributed by atoms with E-state index in [9.17, 15) is 0 Å². The minimum absolute atomic E-state index is 0.225. The topological polar surface area (TPSA) is 24.9 Å². The quantitative estimate of drug-likeness (QED) is 0.609. The van der Waals surface area contributed by atoms with E-state index in [4.69, 9.17) is 9.47 Å². The molecular formula is C24H34N2O2S2. The third kappa shape index (κ3) is 4.69. The van der Waals surface area contributed by atoms with Gasteiger partial charge in [-0.15, -0.1) is 0 Å². The zero-order valence-electron chi connectivity index (χ0n) is 18.2. The SMILES string of the molecule is C[C@@H]1CN(CC2(CN3C[C@@H](c4ccsc4)O[C@@H](C)C3)CCC2)C[C@H](c2ccsc2)O1. The second-order valence-electron chi connectivity index (χ2n) is 9.73. The van der Waals surface area contributed by atoms with Crippen molar-refractivity contribution in [3.63, 3.8) is 0 Å². The lowest BCUT2D eigenvalue weighted by Crippen LogP contribution is -2.55. The van der Waals surface area contributed by atoms with Gasteiger partial charge in [-0.2, -0.15) is 22.7 Å². The van der Waals surface area contributed by atoms with E-state index in [0.29, 0.717) is 17.6 Å². The maximum absolute atomic E-state index is 6.29. The van der Waals surface area contributed by atoms with E-state index in [0.717, 1.165) is 26.2 Å². The molecule has 0 unspecified atom stereocenters. The van der Waals surface area contributed by atoms with E-state index in [1.165, 1.54) is 43.5 Å². The molecule has 0 radical (unpaired) electrons. The molecule has 2 saturated heterocycles. The van der Waals surface area contributed by atoms with Crippen LogP contribution in [0.4, 0.5) is 0 Å². The van der Waals surface area contributed by atoms with Crippen LogP contribution in [0, 0.1) is 5.41 Å². The van der Waals surface area contributed by atoms with Crippen molar-refractivity contribution in [1.82, 2.24) is 9.80 Å². The van der Waals surface area contributed by atoms with Gasteiger partial charge in [0, 0.05) is 39.3 Å². The molecule has 164 valence electrons. The van der Waals surface area contributed by atoms with E-state index in [-0.39, 0.29) is 12.2 Å². The summed E-state index contributed by atoms with van der Waals surface area (Å²) in [6.07, 6.45) is 5.14. The van der Waals surface area contributed by atoms with Crippen molar-refractivity contribution >= 4 is 22.7 Å². The van der Waals surface area contributed by atoms with Gasteiger partial charge in [-0.05, 0) is 76.9 Å². The molecule has 0 bridgehead atoms. The Morgan fingerprint density at radius 3 is 1.70 bits per heavy atom. The predicted molar refractivity (Wildman–Crippen MR) is 124 cm³/mol. The minimum atomic E-state index is 0.225. The molecule has 0 amide bonds. The fourth-order valence-electron chi connectivity index (χ4n) is 5.61. The summed E-state index contributed by atoms with van der Waals surface area (Å²) in [7, 11) is 0. The number of nitrogens with zero attached hydrogens (tertiary/aromatic N) is 2. The first-order valence-corrected chi connectivity index (χ1v) is 13.3. The normalized spacial score (nSPS) is 32.7. The number of hydrogen-bond acceptors (Lipinski definition) is 6. The van der Waals surface area contributed by atoms with E-state index in [1.54, 1.807) is 22.7 Å². The summed E-state index contributed by atoms with van der Waals surface area (Å²) in [4.78, 5) is 5.38. The Morgan fingerprint density at radius 1 is 0.833 bits per heavy atom. The van der Waals surface area contributed by atoms with E-state index in [1.807, 2.05) is 0 Å². The zero-order chi connectivity index (χ0) is 20.6. The number of hydrogen-bond donors (Lipinski definition) is 0. The average Bonchev–Trinajstić information content (AvgIpc) is 3.39. The molecule has 3 fully saturated rings. The van der Waals surface area contributed by atoms with Crippen LogP contribution in [0.3, 0.4) is 0 Å². The van der Waals surface area contributed by atoms with Crippen LogP contribution >= 0.6 is 22.7 Å². The van der Waals surface area contributed by atoms with Crippen LogP contribution in [0.15, 0.2) is 33.7 Å². The van der Waals surface area contributed by atoms with Gasteiger partial charge in [0.2, 0.25) is 0 Å². The molecule has 0 N–H and O–H groups in total. The average molecular weight is 447 g/mol. The third-order valence-corrected chi connectivity index (χ3v) is 8.44. The summed E-state index contributed by atoms with van der Waals surface area (Å²) in [6.45, 7) is 11.0. The Kier molecular flexibility index (Phi) is 6.33. The van der Waals surface area contributed by atoms with Gasteiger partial charge in [0.15, 0.2) is 0 Å². The molecule has 4 heterocycles. The lowest BCUT2D eigenvalue weighted by Gasteiger charge is -2.51. The third-order valence-electron chi connectivity index (χ3n) is 7.03. The van der Waals surface area contributed by atoms with Gasteiger partial charge in [0.25, 0.3) is 0 Å². The molecule has 0 aromatic carbocycles. The van der Waals surface area contributed by atoms with Gasteiger partial charge < -0.3 is 9.47 Å². The maximum atomic E-state index is 6.29. The van der Waals surface area contributed by atoms with Gasteiger partial charge in [-0.3, -0.25) is 9.80 Å². The predicted octanol–water partition coefficient (Wildman–Crippen LogP) is 5.20. The van der Waals surface area contributed by atoms with Crippen LogP contribution in [0.5, 0.6) is 0 Å². The van der Waals surface area contributed by atoms with Crippen LogP contribution in [0.2, 0.25) is 0 Å². The Hall–Kier alpha value is -0.760. The van der Waals surface area contributed by atoms with Crippen molar-refractivity contribution in [1.29, 1.82) is 0 Å². The second kappa shape index (κ2) is 9.00. The lowest BCUT2D eigenvalue weighted by atomic mass is 9.67. The van der Waals surface area contributed by atoms with Gasteiger partial charge in [-0.1, -0.05) is 6.42 Å². The summed E-state index contributed by atoms with van der Waals surface area (Å²) < 4.78 is 12.6. The maximum Gasteiger partial charge on any atom is 0.0964 e. The highest BCUT2D eigenvalue weighted by Gasteiger charge is 2.43. The van der Waals surface area contributed by atoms with E-state index >= 15 is 0 Å². The fourth-order valence-corrected chi connectivity index (χ4v) is 7.02. The van der Waals surface area contributed by atoms with Crippen LogP contribution in [0.1, 0.15) is 56.4 Å².